The van der Waals surface area contributed by atoms with Crippen LogP contribution < -0.4 is 0 Å². The second-order valence-corrected chi connectivity index (χ2v) is 6.22. The van der Waals surface area contributed by atoms with E-state index in [4.69, 9.17) is 11.6 Å². The Kier molecular flexibility index (Phi) is 2.63. The third-order valence-electron chi connectivity index (χ3n) is 3.84. The van der Waals surface area contributed by atoms with Crippen molar-refractivity contribution >= 4 is 22.8 Å². The highest BCUT2D eigenvalue weighted by molar-refractivity contribution is 6.17. The maximum Gasteiger partial charge on any atom is 0.160 e. The van der Waals surface area contributed by atoms with Crippen molar-refractivity contribution < 1.29 is 0 Å². The van der Waals surface area contributed by atoms with Gasteiger partial charge in [0.2, 0.25) is 0 Å². The first-order chi connectivity index (χ1) is 8.53. The number of alkyl halides is 1. The first-order valence-corrected chi connectivity index (χ1v) is 6.97. The van der Waals surface area contributed by atoms with Crippen LogP contribution in [-0.4, -0.2) is 20.4 Å². The molecular weight excluding hydrogens is 246 g/mol. The van der Waals surface area contributed by atoms with Gasteiger partial charge >= 0.3 is 0 Å². The van der Waals surface area contributed by atoms with Crippen molar-refractivity contribution in [2.75, 3.05) is 5.88 Å². The van der Waals surface area contributed by atoms with E-state index in [9.17, 15) is 0 Å². The van der Waals surface area contributed by atoms with E-state index in [2.05, 4.69) is 34.4 Å². The summed E-state index contributed by atoms with van der Waals surface area (Å²) in [4.78, 5) is 9.35. The molecule has 0 spiro atoms. The first kappa shape index (κ1) is 12.0. The second kappa shape index (κ2) is 3.95. The summed E-state index contributed by atoms with van der Waals surface area (Å²) in [6.45, 7) is 6.61. The molecule has 1 atom stereocenters. The number of aryl methyl sites for hydroxylation is 2. The van der Waals surface area contributed by atoms with Crippen molar-refractivity contribution in [3.63, 3.8) is 0 Å². The summed E-state index contributed by atoms with van der Waals surface area (Å²) in [5.41, 5.74) is 3.41. The zero-order chi connectivity index (χ0) is 12.9. The molecule has 1 unspecified atom stereocenters. The lowest BCUT2D eigenvalue weighted by atomic mass is 10.2. The van der Waals surface area contributed by atoms with Gasteiger partial charge in [-0.3, -0.25) is 0 Å². The molecule has 18 heavy (non-hydrogen) atoms. The lowest BCUT2D eigenvalue weighted by Gasteiger charge is -2.10. The van der Waals surface area contributed by atoms with Gasteiger partial charge in [-0.1, -0.05) is 13.8 Å². The van der Waals surface area contributed by atoms with Crippen LogP contribution in [0, 0.1) is 12.3 Å². The Labute approximate surface area is 112 Å². The van der Waals surface area contributed by atoms with Gasteiger partial charge in [-0.05, 0) is 30.9 Å². The van der Waals surface area contributed by atoms with Crippen molar-refractivity contribution in [2.45, 2.75) is 39.7 Å². The van der Waals surface area contributed by atoms with Crippen molar-refractivity contribution in [1.82, 2.24) is 14.5 Å². The molecule has 1 aliphatic carbocycles. The van der Waals surface area contributed by atoms with Gasteiger partial charge in [0.15, 0.2) is 5.65 Å². The largest absolute Gasteiger partial charge is 0.309 e. The number of imidazole rings is 1. The maximum absolute atomic E-state index is 5.89. The van der Waals surface area contributed by atoms with Crippen LogP contribution in [0.3, 0.4) is 0 Å². The molecule has 1 fully saturated rings. The van der Waals surface area contributed by atoms with E-state index >= 15 is 0 Å². The SMILES string of the molecule is Cc1ccc2nc(CCCl)n(C3CC3(C)C)c2n1. The Balaban J connectivity index is 2.18. The van der Waals surface area contributed by atoms with E-state index in [0.29, 0.717) is 17.3 Å². The predicted octanol–water partition coefficient (Wildman–Crippen LogP) is 3.49. The van der Waals surface area contributed by atoms with Gasteiger partial charge in [0.05, 0.1) is 0 Å². The molecule has 0 aromatic carbocycles. The number of fused-ring (bicyclic) bond motifs is 1. The summed E-state index contributed by atoms with van der Waals surface area (Å²) in [7, 11) is 0. The van der Waals surface area contributed by atoms with Crippen LogP contribution in [0.15, 0.2) is 12.1 Å². The van der Waals surface area contributed by atoms with E-state index in [1.165, 1.54) is 6.42 Å². The van der Waals surface area contributed by atoms with Crippen molar-refractivity contribution in [3.8, 4) is 0 Å². The number of aromatic nitrogens is 3. The summed E-state index contributed by atoms with van der Waals surface area (Å²) in [5.74, 6) is 1.68. The summed E-state index contributed by atoms with van der Waals surface area (Å²) in [5, 5.41) is 0. The number of rotatable bonds is 3. The number of pyridine rings is 1. The molecular formula is C14H18ClN3. The monoisotopic (exact) mass is 263 g/mol. The summed E-state index contributed by atoms with van der Waals surface area (Å²) >= 11 is 5.89. The van der Waals surface area contributed by atoms with Gasteiger partial charge in [0, 0.05) is 24.0 Å². The molecule has 96 valence electrons. The molecule has 1 saturated carbocycles. The fourth-order valence-electron chi connectivity index (χ4n) is 2.58. The molecule has 2 heterocycles. The Hall–Kier alpha value is -1.09. The summed E-state index contributed by atoms with van der Waals surface area (Å²) in [6.07, 6.45) is 2.01. The predicted molar refractivity (Wildman–Crippen MR) is 74.1 cm³/mol. The number of hydrogen-bond acceptors (Lipinski definition) is 2. The Morgan fingerprint density at radius 1 is 1.39 bits per heavy atom. The van der Waals surface area contributed by atoms with Gasteiger partial charge < -0.3 is 4.57 Å². The van der Waals surface area contributed by atoms with Crippen LogP contribution in [0.1, 0.15) is 37.8 Å². The van der Waals surface area contributed by atoms with Crippen LogP contribution in [0.4, 0.5) is 0 Å². The van der Waals surface area contributed by atoms with Crippen molar-refractivity contribution in [3.05, 3.63) is 23.7 Å². The zero-order valence-corrected chi connectivity index (χ0v) is 11.8. The van der Waals surface area contributed by atoms with E-state index in [1.807, 2.05) is 13.0 Å². The Bertz CT molecular complexity index is 600. The maximum atomic E-state index is 5.89. The third-order valence-corrected chi connectivity index (χ3v) is 4.03. The van der Waals surface area contributed by atoms with Gasteiger partial charge in [-0.25, -0.2) is 9.97 Å². The molecule has 3 rings (SSSR count). The molecule has 0 N–H and O–H groups in total. The lowest BCUT2D eigenvalue weighted by Crippen LogP contribution is -2.07. The molecule has 0 radical (unpaired) electrons. The smallest absolute Gasteiger partial charge is 0.160 e. The van der Waals surface area contributed by atoms with Crippen LogP contribution >= 0.6 is 11.6 Å². The lowest BCUT2D eigenvalue weighted by molar-refractivity contribution is 0.535. The fourth-order valence-corrected chi connectivity index (χ4v) is 2.75. The highest BCUT2D eigenvalue weighted by Crippen LogP contribution is 2.56. The van der Waals surface area contributed by atoms with Crippen LogP contribution in [0.25, 0.3) is 11.2 Å². The third kappa shape index (κ3) is 1.81. The first-order valence-electron chi connectivity index (χ1n) is 6.43. The number of hydrogen-bond donors (Lipinski definition) is 0. The van der Waals surface area contributed by atoms with Crippen LogP contribution in [0.5, 0.6) is 0 Å². The second-order valence-electron chi connectivity index (χ2n) is 5.84. The van der Waals surface area contributed by atoms with Crippen molar-refractivity contribution in [1.29, 1.82) is 0 Å². The van der Waals surface area contributed by atoms with Crippen LogP contribution in [-0.2, 0) is 6.42 Å². The normalized spacial score (nSPS) is 21.4. The molecule has 4 heteroatoms. The Morgan fingerprint density at radius 3 is 2.72 bits per heavy atom. The highest BCUT2D eigenvalue weighted by atomic mass is 35.5. The van der Waals surface area contributed by atoms with E-state index < -0.39 is 0 Å². The van der Waals surface area contributed by atoms with E-state index in [-0.39, 0.29) is 0 Å². The van der Waals surface area contributed by atoms with E-state index in [1.54, 1.807) is 0 Å². The van der Waals surface area contributed by atoms with E-state index in [0.717, 1.165) is 29.1 Å². The molecule has 2 aromatic rings. The van der Waals surface area contributed by atoms with Gasteiger partial charge in [0.1, 0.15) is 11.3 Å². The molecule has 2 aromatic heterocycles. The summed E-state index contributed by atoms with van der Waals surface area (Å²) < 4.78 is 2.31. The quantitative estimate of drug-likeness (QED) is 0.794. The standard InChI is InChI=1S/C14H18ClN3/c1-9-4-5-10-13(16-9)18(11-8-14(11,2)3)12(17-10)6-7-15/h4-5,11H,6-8H2,1-3H3. The van der Waals surface area contributed by atoms with Gasteiger partial charge in [0.25, 0.3) is 0 Å². The van der Waals surface area contributed by atoms with Crippen LogP contribution in [0.2, 0.25) is 0 Å². The average Bonchev–Trinajstić information content (AvgIpc) is 2.78. The molecule has 0 bridgehead atoms. The average molecular weight is 264 g/mol. The minimum atomic E-state index is 0.361. The van der Waals surface area contributed by atoms with Gasteiger partial charge in [-0.15, -0.1) is 11.6 Å². The van der Waals surface area contributed by atoms with Crippen molar-refractivity contribution in [2.24, 2.45) is 5.41 Å². The molecule has 0 amide bonds. The molecule has 0 aliphatic heterocycles. The minimum Gasteiger partial charge on any atom is -0.309 e. The highest BCUT2D eigenvalue weighted by Gasteiger charge is 2.48. The molecule has 3 nitrogen and oxygen atoms in total. The number of nitrogens with zero attached hydrogens (tertiary/aromatic N) is 3. The number of halogens is 1. The topological polar surface area (TPSA) is 30.7 Å². The van der Waals surface area contributed by atoms with Gasteiger partial charge in [-0.2, -0.15) is 0 Å². The fraction of sp³-hybridized carbons (Fsp3) is 0.571. The molecule has 0 saturated heterocycles. The zero-order valence-electron chi connectivity index (χ0n) is 11.1. The Morgan fingerprint density at radius 2 is 2.11 bits per heavy atom. The molecule has 1 aliphatic rings. The minimum absolute atomic E-state index is 0.361. The summed E-state index contributed by atoms with van der Waals surface area (Å²) in [6, 6.07) is 4.60.